The molecule has 0 fully saturated rings. The van der Waals surface area contributed by atoms with E-state index in [1.807, 2.05) is 7.05 Å². The Balaban J connectivity index is 2.62. The molecule has 1 aromatic carbocycles. The van der Waals surface area contributed by atoms with Gasteiger partial charge in [-0.3, -0.25) is 0 Å². The topological polar surface area (TPSA) is 27.8 Å². The lowest BCUT2D eigenvalue weighted by molar-refractivity contribution is 0.448. The Morgan fingerprint density at radius 1 is 1.24 bits per heavy atom. The lowest BCUT2D eigenvalue weighted by Crippen LogP contribution is -2.32. The summed E-state index contributed by atoms with van der Waals surface area (Å²) in [6, 6.07) is 6.70. The minimum Gasteiger partial charge on any atom is -0.361 e. The molecule has 0 unspecified atom stereocenters. The van der Waals surface area contributed by atoms with Crippen LogP contribution in [-0.4, -0.2) is 12.0 Å². The first-order valence-electron chi connectivity index (χ1n) is 6.26. The van der Waals surface area contributed by atoms with Crippen molar-refractivity contribution in [3.05, 3.63) is 35.5 Å². The zero-order valence-corrected chi connectivity index (χ0v) is 11.4. The van der Waals surface area contributed by atoms with Crippen LogP contribution in [0.15, 0.2) is 24.4 Å². The molecule has 0 aliphatic rings. The van der Waals surface area contributed by atoms with Crippen LogP contribution in [0.25, 0.3) is 10.9 Å². The van der Waals surface area contributed by atoms with Crippen LogP contribution >= 0.6 is 0 Å². The van der Waals surface area contributed by atoms with Gasteiger partial charge in [-0.05, 0) is 50.1 Å². The van der Waals surface area contributed by atoms with Crippen LogP contribution in [0, 0.1) is 0 Å². The molecule has 0 saturated carbocycles. The van der Waals surface area contributed by atoms with Gasteiger partial charge in [0.05, 0.1) is 0 Å². The van der Waals surface area contributed by atoms with Crippen molar-refractivity contribution in [3.8, 4) is 0 Å². The Kier molecular flexibility index (Phi) is 3.00. The van der Waals surface area contributed by atoms with Crippen molar-refractivity contribution < 1.29 is 0 Å². The van der Waals surface area contributed by atoms with E-state index in [0.29, 0.717) is 5.92 Å². The molecule has 1 aromatic heterocycles. The van der Waals surface area contributed by atoms with Crippen molar-refractivity contribution in [1.29, 1.82) is 0 Å². The molecule has 0 aliphatic heterocycles. The van der Waals surface area contributed by atoms with Gasteiger partial charge in [-0.2, -0.15) is 0 Å². The maximum Gasteiger partial charge on any atom is 0.0457 e. The van der Waals surface area contributed by atoms with E-state index >= 15 is 0 Å². The average Bonchev–Trinajstić information content (AvgIpc) is 2.72. The van der Waals surface area contributed by atoms with Gasteiger partial charge in [-0.25, -0.2) is 0 Å². The third kappa shape index (κ3) is 2.09. The highest BCUT2D eigenvalue weighted by molar-refractivity contribution is 5.85. The minimum atomic E-state index is -0.00610. The molecule has 0 bridgehead atoms. The molecule has 0 atom stereocenters. The first-order chi connectivity index (χ1) is 7.95. The number of aromatic amines is 1. The number of nitrogens with one attached hydrogen (secondary N) is 2. The molecule has 2 heteroatoms. The van der Waals surface area contributed by atoms with Gasteiger partial charge < -0.3 is 10.3 Å². The summed E-state index contributed by atoms with van der Waals surface area (Å²) in [6.07, 6.45) is 2.12. The number of aromatic nitrogens is 1. The fraction of sp³-hybridized carbons (Fsp3) is 0.467. The van der Waals surface area contributed by atoms with E-state index in [4.69, 9.17) is 0 Å². The maximum atomic E-state index is 3.36. The fourth-order valence-electron chi connectivity index (χ4n) is 2.15. The minimum absolute atomic E-state index is 0.00610. The molecule has 2 aromatic rings. The van der Waals surface area contributed by atoms with E-state index in [2.05, 4.69) is 62.4 Å². The predicted octanol–water partition coefficient (Wildman–Crippen LogP) is 3.75. The van der Waals surface area contributed by atoms with Gasteiger partial charge in [-0.15, -0.1) is 0 Å². The van der Waals surface area contributed by atoms with Gasteiger partial charge in [-0.1, -0.05) is 19.9 Å². The molecule has 2 N–H and O–H groups in total. The molecule has 0 aliphatic carbocycles. The molecule has 0 amide bonds. The lowest BCUT2D eigenvalue weighted by atomic mass is 9.92. The third-order valence-corrected chi connectivity index (χ3v) is 3.67. The molecular weight excluding hydrogens is 208 g/mol. The largest absolute Gasteiger partial charge is 0.361 e. The summed E-state index contributed by atoms with van der Waals surface area (Å²) >= 11 is 0. The third-order valence-electron chi connectivity index (χ3n) is 3.67. The van der Waals surface area contributed by atoms with Gasteiger partial charge in [0.1, 0.15) is 0 Å². The second kappa shape index (κ2) is 4.19. The summed E-state index contributed by atoms with van der Waals surface area (Å²) in [7, 11) is 2.01. The van der Waals surface area contributed by atoms with E-state index in [-0.39, 0.29) is 5.54 Å². The van der Waals surface area contributed by atoms with E-state index in [0.717, 1.165) is 0 Å². The number of H-pyrrole nitrogens is 1. The Hall–Kier alpha value is -1.28. The second-order valence-corrected chi connectivity index (χ2v) is 5.54. The number of hydrogen-bond acceptors (Lipinski definition) is 1. The molecule has 0 spiro atoms. The first-order valence-corrected chi connectivity index (χ1v) is 6.26. The average molecular weight is 230 g/mol. The van der Waals surface area contributed by atoms with E-state index in [1.165, 1.54) is 22.0 Å². The molecule has 2 nitrogen and oxygen atoms in total. The van der Waals surface area contributed by atoms with Gasteiger partial charge in [0.25, 0.3) is 0 Å². The number of fused-ring (bicyclic) bond motifs is 1. The van der Waals surface area contributed by atoms with Crippen LogP contribution in [0.3, 0.4) is 0 Å². The normalized spacial score (nSPS) is 12.6. The standard InChI is InChI=1S/C15H22N2/c1-10(2)11-6-7-14-12(8-11)13(9-17-14)15(3,4)16-5/h6-10,16-17H,1-5H3. The second-order valence-electron chi connectivity index (χ2n) is 5.54. The highest BCUT2D eigenvalue weighted by atomic mass is 14.9. The van der Waals surface area contributed by atoms with Crippen LogP contribution in [0.2, 0.25) is 0 Å². The Morgan fingerprint density at radius 2 is 1.94 bits per heavy atom. The maximum absolute atomic E-state index is 3.36. The van der Waals surface area contributed by atoms with Crippen LogP contribution < -0.4 is 5.32 Å². The first kappa shape index (κ1) is 12.2. The zero-order chi connectivity index (χ0) is 12.6. The summed E-state index contributed by atoms with van der Waals surface area (Å²) < 4.78 is 0. The SMILES string of the molecule is CNC(C)(C)c1c[nH]c2ccc(C(C)C)cc12. The van der Waals surface area contributed by atoms with Crippen LogP contribution in [0.4, 0.5) is 0 Å². The zero-order valence-electron chi connectivity index (χ0n) is 11.4. The van der Waals surface area contributed by atoms with Crippen molar-refractivity contribution in [2.75, 3.05) is 7.05 Å². The molecule has 92 valence electrons. The monoisotopic (exact) mass is 230 g/mol. The van der Waals surface area contributed by atoms with E-state index in [9.17, 15) is 0 Å². The van der Waals surface area contributed by atoms with Crippen LogP contribution in [0.1, 0.15) is 44.7 Å². The van der Waals surface area contributed by atoms with Gasteiger partial charge in [0.2, 0.25) is 0 Å². The molecule has 1 heterocycles. The van der Waals surface area contributed by atoms with Crippen LogP contribution in [0.5, 0.6) is 0 Å². The van der Waals surface area contributed by atoms with Crippen molar-refractivity contribution >= 4 is 10.9 Å². The van der Waals surface area contributed by atoms with Crippen molar-refractivity contribution in [2.24, 2.45) is 0 Å². The predicted molar refractivity (Wildman–Crippen MR) is 74.5 cm³/mol. The van der Waals surface area contributed by atoms with Gasteiger partial charge in [0.15, 0.2) is 0 Å². The van der Waals surface area contributed by atoms with Crippen molar-refractivity contribution in [3.63, 3.8) is 0 Å². The van der Waals surface area contributed by atoms with Crippen molar-refractivity contribution in [2.45, 2.75) is 39.2 Å². The van der Waals surface area contributed by atoms with Crippen LogP contribution in [-0.2, 0) is 5.54 Å². The molecule has 0 radical (unpaired) electrons. The Morgan fingerprint density at radius 3 is 2.53 bits per heavy atom. The number of rotatable bonds is 3. The highest BCUT2D eigenvalue weighted by Gasteiger charge is 2.21. The Labute approximate surface area is 103 Å². The van der Waals surface area contributed by atoms with Crippen molar-refractivity contribution in [1.82, 2.24) is 10.3 Å². The van der Waals surface area contributed by atoms with Gasteiger partial charge >= 0.3 is 0 Å². The number of hydrogen-bond donors (Lipinski definition) is 2. The smallest absolute Gasteiger partial charge is 0.0457 e. The summed E-state index contributed by atoms with van der Waals surface area (Å²) in [5, 5.41) is 4.69. The van der Waals surface area contributed by atoms with Gasteiger partial charge in [0, 0.05) is 22.6 Å². The summed E-state index contributed by atoms with van der Waals surface area (Å²) in [5.41, 5.74) is 3.93. The molecule has 0 saturated heterocycles. The summed E-state index contributed by atoms with van der Waals surface area (Å²) in [4.78, 5) is 3.35. The quantitative estimate of drug-likeness (QED) is 0.826. The highest BCUT2D eigenvalue weighted by Crippen LogP contribution is 2.30. The number of benzene rings is 1. The summed E-state index contributed by atoms with van der Waals surface area (Å²) in [6.45, 7) is 8.88. The molecule has 17 heavy (non-hydrogen) atoms. The molecule has 2 rings (SSSR count). The van der Waals surface area contributed by atoms with E-state index in [1.54, 1.807) is 0 Å². The van der Waals surface area contributed by atoms with E-state index < -0.39 is 0 Å². The Bertz CT molecular complexity index is 521. The molecular formula is C15H22N2. The summed E-state index contributed by atoms with van der Waals surface area (Å²) in [5.74, 6) is 0.569. The lowest BCUT2D eigenvalue weighted by Gasteiger charge is -2.23. The fourth-order valence-corrected chi connectivity index (χ4v) is 2.15.